The van der Waals surface area contributed by atoms with Gasteiger partial charge in [0.15, 0.2) is 0 Å². The highest BCUT2D eigenvalue weighted by Crippen LogP contribution is 2.40. The number of hydrogen-bond acceptors (Lipinski definition) is 3. The first-order chi connectivity index (χ1) is 8.15. The Morgan fingerprint density at radius 2 is 1.94 bits per heavy atom. The predicted molar refractivity (Wildman–Crippen MR) is 64.4 cm³/mol. The Kier molecular flexibility index (Phi) is 5.41. The Bertz CT molecular complexity index is 277. The molecule has 5 nitrogen and oxygen atoms in total. The van der Waals surface area contributed by atoms with Crippen LogP contribution in [0, 0.1) is 11.8 Å². The van der Waals surface area contributed by atoms with Crippen LogP contribution in [0.25, 0.3) is 0 Å². The number of ether oxygens (including phenoxy) is 1. The van der Waals surface area contributed by atoms with Gasteiger partial charge in [-0.3, -0.25) is 9.59 Å². The lowest BCUT2D eigenvalue weighted by atomic mass is 10.2. The molecule has 1 fully saturated rings. The Balaban J connectivity index is 2.32. The molecule has 1 N–H and O–H groups in total. The van der Waals surface area contributed by atoms with Crippen LogP contribution in [-0.4, -0.2) is 50.1 Å². The van der Waals surface area contributed by atoms with Gasteiger partial charge >= 0.3 is 0 Å². The summed E-state index contributed by atoms with van der Waals surface area (Å²) in [6.45, 7) is 6.35. The van der Waals surface area contributed by atoms with Crippen molar-refractivity contribution in [2.45, 2.75) is 20.3 Å². The van der Waals surface area contributed by atoms with Crippen molar-refractivity contribution in [2.24, 2.45) is 11.8 Å². The third-order valence-corrected chi connectivity index (χ3v) is 3.12. The summed E-state index contributed by atoms with van der Waals surface area (Å²) in [6, 6.07) is 0. The number of nitrogens with one attached hydrogen (secondary N) is 1. The maximum Gasteiger partial charge on any atom is 0.226 e. The van der Waals surface area contributed by atoms with Crippen molar-refractivity contribution in [1.29, 1.82) is 0 Å². The molecule has 0 aliphatic heterocycles. The molecule has 1 saturated carbocycles. The molecule has 1 aliphatic rings. The molecule has 0 aromatic carbocycles. The van der Waals surface area contributed by atoms with Crippen LogP contribution in [-0.2, 0) is 14.3 Å². The molecule has 0 bridgehead atoms. The number of rotatable bonds is 7. The highest BCUT2D eigenvalue weighted by molar-refractivity contribution is 5.92. The highest BCUT2D eigenvalue weighted by atomic mass is 16.5. The van der Waals surface area contributed by atoms with E-state index in [0.717, 1.165) is 0 Å². The van der Waals surface area contributed by atoms with Gasteiger partial charge in [0.25, 0.3) is 0 Å². The average Bonchev–Trinajstić information content (AvgIpc) is 3.10. The van der Waals surface area contributed by atoms with Crippen molar-refractivity contribution in [3.63, 3.8) is 0 Å². The van der Waals surface area contributed by atoms with Crippen molar-refractivity contribution in [1.82, 2.24) is 10.2 Å². The number of methoxy groups -OCH3 is 1. The molecule has 98 valence electrons. The lowest BCUT2D eigenvalue weighted by Gasteiger charge is -2.18. The zero-order valence-electron chi connectivity index (χ0n) is 10.9. The van der Waals surface area contributed by atoms with Crippen molar-refractivity contribution < 1.29 is 14.3 Å². The molecule has 2 amide bonds. The summed E-state index contributed by atoms with van der Waals surface area (Å²) in [7, 11) is 1.59. The molecule has 2 atom stereocenters. The largest absolute Gasteiger partial charge is 0.383 e. The third kappa shape index (κ3) is 3.70. The third-order valence-electron chi connectivity index (χ3n) is 3.12. The average molecular weight is 242 g/mol. The van der Waals surface area contributed by atoms with E-state index < -0.39 is 0 Å². The van der Waals surface area contributed by atoms with E-state index in [1.54, 1.807) is 12.0 Å². The molecule has 2 unspecified atom stereocenters. The quantitative estimate of drug-likeness (QED) is 0.651. The number of hydrogen-bond donors (Lipinski definition) is 1. The Hall–Kier alpha value is -1.10. The van der Waals surface area contributed by atoms with Gasteiger partial charge in [0, 0.05) is 26.7 Å². The fourth-order valence-corrected chi connectivity index (χ4v) is 1.93. The number of carbonyl (C=O) groups is 2. The summed E-state index contributed by atoms with van der Waals surface area (Å²) in [6.07, 6.45) is 0.689. The van der Waals surface area contributed by atoms with Gasteiger partial charge in [-0.1, -0.05) is 0 Å². The summed E-state index contributed by atoms with van der Waals surface area (Å²) >= 11 is 0. The first-order valence-corrected chi connectivity index (χ1v) is 6.21. The van der Waals surface area contributed by atoms with E-state index in [1.807, 2.05) is 13.8 Å². The van der Waals surface area contributed by atoms with Gasteiger partial charge in [0.1, 0.15) is 0 Å². The molecular formula is C12H22N2O3. The van der Waals surface area contributed by atoms with Gasteiger partial charge in [-0.25, -0.2) is 0 Å². The highest BCUT2D eigenvalue weighted by Gasteiger charge is 2.48. The molecule has 1 rings (SSSR count). The predicted octanol–water partition coefficient (Wildman–Crippen LogP) is 0.254. The van der Waals surface area contributed by atoms with E-state index in [4.69, 9.17) is 4.74 Å². The van der Waals surface area contributed by atoms with Gasteiger partial charge in [-0.15, -0.1) is 0 Å². The van der Waals surface area contributed by atoms with Crippen LogP contribution in [0.15, 0.2) is 0 Å². The molecule has 5 heteroatoms. The van der Waals surface area contributed by atoms with E-state index in [-0.39, 0.29) is 23.7 Å². The Labute approximate surface area is 102 Å². The van der Waals surface area contributed by atoms with Crippen molar-refractivity contribution in [2.75, 3.05) is 33.4 Å². The minimum absolute atomic E-state index is 0.0208. The van der Waals surface area contributed by atoms with Gasteiger partial charge in [0.2, 0.25) is 11.8 Å². The molecular weight excluding hydrogens is 220 g/mol. The lowest BCUT2D eigenvalue weighted by Crippen LogP contribution is -2.34. The van der Waals surface area contributed by atoms with Gasteiger partial charge in [-0.05, 0) is 20.3 Å². The molecule has 17 heavy (non-hydrogen) atoms. The molecule has 0 aromatic rings. The minimum Gasteiger partial charge on any atom is -0.383 e. The maximum absolute atomic E-state index is 11.9. The van der Waals surface area contributed by atoms with E-state index in [0.29, 0.717) is 32.7 Å². The van der Waals surface area contributed by atoms with Crippen LogP contribution < -0.4 is 5.32 Å². The lowest BCUT2D eigenvalue weighted by molar-refractivity contribution is -0.134. The van der Waals surface area contributed by atoms with E-state index in [9.17, 15) is 9.59 Å². The summed E-state index contributed by atoms with van der Waals surface area (Å²) in [5, 5.41) is 2.77. The molecule has 0 saturated heterocycles. The number of amides is 2. The summed E-state index contributed by atoms with van der Waals surface area (Å²) in [4.78, 5) is 25.4. The maximum atomic E-state index is 11.9. The zero-order chi connectivity index (χ0) is 12.8. The van der Waals surface area contributed by atoms with E-state index in [2.05, 4.69) is 5.32 Å². The Morgan fingerprint density at radius 3 is 2.47 bits per heavy atom. The van der Waals surface area contributed by atoms with Crippen molar-refractivity contribution >= 4 is 11.8 Å². The fourth-order valence-electron chi connectivity index (χ4n) is 1.93. The van der Waals surface area contributed by atoms with Crippen LogP contribution in [0.2, 0.25) is 0 Å². The topological polar surface area (TPSA) is 58.6 Å². The number of carbonyl (C=O) groups excluding carboxylic acids is 2. The van der Waals surface area contributed by atoms with Crippen LogP contribution >= 0.6 is 0 Å². The van der Waals surface area contributed by atoms with Crippen LogP contribution in [0.3, 0.4) is 0 Å². The monoisotopic (exact) mass is 242 g/mol. The second kappa shape index (κ2) is 6.59. The van der Waals surface area contributed by atoms with Crippen LogP contribution in [0.4, 0.5) is 0 Å². The van der Waals surface area contributed by atoms with Gasteiger partial charge in [0.05, 0.1) is 18.4 Å². The fraction of sp³-hybridized carbons (Fsp3) is 0.833. The van der Waals surface area contributed by atoms with Crippen molar-refractivity contribution in [3.8, 4) is 0 Å². The normalized spacial score (nSPS) is 22.1. The molecule has 0 heterocycles. The second-order valence-corrected chi connectivity index (χ2v) is 4.24. The van der Waals surface area contributed by atoms with Gasteiger partial charge in [-0.2, -0.15) is 0 Å². The number of nitrogens with zero attached hydrogens (tertiary/aromatic N) is 1. The van der Waals surface area contributed by atoms with Crippen molar-refractivity contribution in [3.05, 3.63) is 0 Å². The summed E-state index contributed by atoms with van der Waals surface area (Å²) in [5.41, 5.74) is 0. The second-order valence-electron chi connectivity index (χ2n) is 4.24. The smallest absolute Gasteiger partial charge is 0.226 e. The van der Waals surface area contributed by atoms with Crippen LogP contribution in [0.1, 0.15) is 20.3 Å². The molecule has 0 spiro atoms. The molecule has 1 aliphatic carbocycles. The van der Waals surface area contributed by atoms with E-state index in [1.165, 1.54) is 0 Å². The molecule has 0 radical (unpaired) electrons. The standard InChI is InChI=1S/C12H22N2O3/c1-4-14(5-2)12(16)10-8-9(10)11(15)13-6-7-17-3/h9-10H,4-8H2,1-3H3,(H,13,15). The Morgan fingerprint density at radius 1 is 1.29 bits per heavy atom. The first-order valence-electron chi connectivity index (χ1n) is 6.21. The van der Waals surface area contributed by atoms with E-state index >= 15 is 0 Å². The first kappa shape index (κ1) is 14.0. The van der Waals surface area contributed by atoms with Crippen LogP contribution in [0.5, 0.6) is 0 Å². The van der Waals surface area contributed by atoms with Gasteiger partial charge < -0.3 is 15.0 Å². The SMILES string of the molecule is CCN(CC)C(=O)C1CC1C(=O)NCCOC. The molecule has 0 aromatic heterocycles. The summed E-state index contributed by atoms with van der Waals surface area (Å²) in [5.74, 6) is -0.133. The minimum atomic E-state index is -0.125. The zero-order valence-corrected chi connectivity index (χ0v) is 10.9. The summed E-state index contributed by atoms with van der Waals surface area (Å²) < 4.78 is 4.85.